The number of nitro groups is 1. The Labute approximate surface area is 118 Å². The second-order valence-electron chi connectivity index (χ2n) is 3.69. The monoisotopic (exact) mass is 329 g/mol. The molecule has 1 aromatic carbocycles. The summed E-state index contributed by atoms with van der Waals surface area (Å²) in [5.41, 5.74) is -0.326. The first-order chi connectivity index (χ1) is 8.90. The van der Waals surface area contributed by atoms with Gasteiger partial charge in [-0.05, 0) is 19.4 Å². The molecule has 0 amide bonds. The van der Waals surface area contributed by atoms with Crippen molar-refractivity contribution in [2.75, 3.05) is 6.61 Å². The Bertz CT molecular complexity index is 529. The number of ketones is 1. The van der Waals surface area contributed by atoms with Crippen molar-refractivity contribution in [2.24, 2.45) is 0 Å². The zero-order chi connectivity index (χ0) is 14.6. The Hall–Kier alpha value is -1.76. The highest BCUT2D eigenvalue weighted by Crippen LogP contribution is 2.32. The van der Waals surface area contributed by atoms with E-state index >= 15 is 0 Å². The van der Waals surface area contributed by atoms with Crippen LogP contribution in [0.3, 0.4) is 0 Å². The third-order valence-electron chi connectivity index (χ3n) is 2.38. The third-order valence-corrected chi connectivity index (χ3v) is 3.52. The number of halogens is 1. The molecule has 0 aliphatic heterocycles. The lowest BCUT2D eigenvalue weighted by Crippen LogP contribution is -2.14. The normalized spacial score (nSPS) is 11.7. The van der Waals surface area contributed by atoms with Gasteiger partial charge in [-0.3, -0.25) is 14.9 Å². The maximum atomic E-state index is 11.9. The Morgan fingerprint density at radius 1 is 1.47 bits per heavy atom. The number of Topliss-reactive ketones (excluding diaryl/α,β-unsaturated/α-hetero) is 1. The summed E-state index contributed by atoms with van der Waals surface area (Å²) in [6, 6.07) is 4.11. The largest absolute Gasteiger partial charge is 0.462 e. The molecule has 7 heteroatoms. The Morgan fingerprint density at radius 3 is 2.58 bits per heavy atom. The quantitative estimate of drug-likeness (QED) is 0.359. The number of alkyl halides is 1. The van der Waals surface area contributed by atoms with Gasteiger partial charge in [0, 0.05) is 6.07 Å². The number of hydrogen-bond acceptors (Lipinski definition) is 5. The summed E-state index contributed by atoms with van der Waals surface area (Å²) in [5, 5.41) is 11.0. The van der Waals surface area contributed by atoms with Crippen molar-refractivity contribution >= 4 is 33.4 Å². The molecular weight excluding hydrogens is 318 g/mol. The van der Waals surface area contributed by atoms with Crippen molar-refractivity contribution in [3.8, 4) is 0 Å². The van der Waals surface area contributed by atoms with Crippen LogP contribution in [0.1, 0.15) is 34.6 Å². The minimum atomic E-state index is -0.810. The van der Waals surface area contributed by atoms with Crippen LogP contribution in [0.4, 0.5) is 5.69 Å². The van der Waals surface area contributed by atoms with Crippen LogP contribution in [0, 0.1) is 10.1 Å². The van der Waals surface area contributed by atoms with Gasteiger partial charge in [0.2, 0.25) is 0 Å². The van der Waals surface area contributed by atoms with Gasteiger partial charge in [0.15, 0.2) is 0 Å². The lowest BCUT2D eigenvalue weighted by Gasteiger charge is -2.12. The number of nitrogens with zero attached hydrogens (tertiary/aromatic N) is 1. The number of esters is 1. The number of carbonyl (C=O) groups excluding carboxylic acids is 2. The predicted octanol–water partition coefficient (Wildman–Crippen LogP) is 2.80. The molecule has 0 saturated carbocycles. The molecule has 1 rings (SSSR count). The minimum absolute atomic E-state index is 0.0946. The lowest BCUT2D eigenvalue weighted by molar-refractivity contribution is -0.385. The Balaban J connectivity index is 3.46. The summed E-state index contributed by atoms with van der Waals surface area (Å²) in [5.74, 6) is -1.07. The predicted molar refractivity (Wildman–Crippen MR) is 71.4 cm³/mol. The number of rotatable bonds is 5. The fourth-order valence-corrected chi connectivity index (χ4v) is 1.95. The molecule has 0 heterocycles. The van der Waals surface area contributed by atoms with Gasteiger partial charge in [-0.2, -0.15) is 0 Å². The first-order valence-electron chi connectivity index (χ1n) is 5.49. The molecule has 0 fully saturated rings. The highest BCUT2D eigenvalue weighted by atomic mass is 79.9. The van der Waals surface area contributed by atoms with E-state index in [9.17, 15) is 19.7 Å². The van der Waals surface area contributed by atoms with Crippen LogP contribution >= 0.6 is 15.9 Å². The van der Waals surface area contributed by atoms with E-state index in [1.807, 2.05) is 0 Å². The van der Waals surface area contributed by atoms with E-state index in [1.165, 1.54) is 25.1 Å². The molecule has 6 nitrogen and oxygen atoms in total. The lowest BCUT2D eigenvalue weighted by atomic mass is 10.0. The molecule has 0 N–H and O–H groups in total. The van der Waals surface area contributed by atoms with Crippen molar-refractivity contribution in [1.29, 1.82) is 0 Å². The second-order valence-corrected chi connectivity index (χ2v) is 4.61. The maximum Gasteiger partial charge on any atom is 0.345 e. The summed E-state index contributed by atoms with van der Waals surface area (Å²) >= 11 is 3.12. The zero-order valence-electron chi connectivity index (χ0n) is 10.4. The molecule has 0 aromatic heterocycles. The molecule has 0 radical (unpaired) electrons. The molecule has 1 aromatic rings. The van der Waals surface area contributed by atoms with Crippen molar-refractivity contribution in [3.63, 3.8) is 0 Å². The second kappa shape index (κ2) is 6.42. The van der Waals surface area contributed by atoms with E-state index in [2.05, 4.69) is 15.9 Å². The zero-order valence-corrected chi connectivity index (χ0v) is 12.0. The molecule has 19 heavy (non-hydrogen) atoms. The van der Waals surface area contributed by atoms with Gasteiger partial charge in [-0.25, -0.2) is 4.79 Å². The molecule has 0 aliphatic rings. The summed E-state index contributed by atoms with van der Waals surface area (Å²) < 4.78 is 4.81. The molecule has 0 aliphatic carbocycles. The van der Waals surface area contributed by atoms with E-state index in [0.29, 0.717) is 0 Å². The average molecular weight is 330 g/mol. The summed E-state index contributed by atoms with van der Waals surface area (Å²) in [6.07, 6.45) is 0. The molecule has 0 saturated heterocycles. The fourth-order valence-electron chi connectivity index (χ4n) is 1.57. The minimum Gasteiger partial charge on any atom is -0.462 e. The van der Waals surface area contributed by atoms with Gasteiger partial charge in [-0.15, -0.1) is 0 Å². The van der Waals surface area contributed by atoms with Crippen LogP contribution < -0.4 is 0 Å². The van der Waals surface area contributed by atoms with Gasteiger partial charge in [0.25, 0.3) is 5.69 Å². The average Bonchev–Trinajstić information content (AvgIpc) is 2.36. The van der Waals surface area contributed by atoms with Crippen LogP contribution in [-0.4, -0.2) is 23.3 Å². The summed E-state index contributed by atoms with van der Waals surface area (Å²) in [6.45, 7) is 3.02. The van der Waals surface area contributed by atoms with Crippen LogP contribution in [0.5, 0.6) is 0 Å². The van der Waals surface area contributed by atoms with Crippen molar-refractivity contribution in [2.45, 2.75) is 18.7 Å². The molecule has 1 unspecified atom stereocenters. The van der Waals surface area contributed by atoms with E-state index in [0.717, 1.165) is 0 Å². The summed E-state index contributed by atoms with van der Waals surface area (Å²) in [7, 11) is 0. The number of ether oxygens (including phenoxy) is 1. The number of carbonyl (C=O) groups is 2. The van der Waals surface area contributed by atoms with Crippen LogP contribution in [0.15, 0.2) is 18.2 Å². The standard InChI is InChI=1S/C12H12BrNO5/c1-3-19-12(16)10-8(11(13)7(2)15)5-4-6-9(10)14(17)18/h4-6,11H,3H2,1-2H3. The van der Waals surface area contributed by atoms with E-state index in [-0.39, 0.29) is 29.2 Å². The highest BCUT2D eigenvalue weighted by Gasteiger charge is 2.29. The highest BCUT2D eigenvalue weighted by molar-refractivity contribution is 9.09. The number of hydrogen-bond donors (Lipinski definition) is 0. The summed E-state index contributed by atoms with van der Waals surface area (Å²) in [4.78, 5) is 32.8. The molecular formula is C12H12BrNO5. The first kappa shape index (κ1) is 15.3. The molecule has 1 atom stereocenters. The molecule has 102 valence electrons. The van der Waals surface area contributed by atoms with E-state index < -0.39 is 15.7 Å². The SMILES string of the molecule is CCOC(=O)c1c(C(Br)C(C)=O)cccc1[N+](=O)[O-]. The topological polar surface area (TPSA) is 86.5 Å². The Morgan fingerprint density at radius 2 is 2.11 bits per heavy atom. The van der Waals surface area contributed by atoms with Crippen molar-refractivity contribution in [1.82, 2.24) is 0 Å². The first-order valence-corrected chi connectivity index (χ1v) is 6.40. The van der Waals surface area contributed by atoms with Gasteiger partial charge >= 0.3 is 5.97 Å². The van der Waals surface area contributed by atoms with Crippen LogP contribution in [-0.2, 0) is 9.53 Å². The van der Waals surface area contributed by atoms with E-state index in [4.69, 9.17) is 4.74 Å². The van der Waals surface area contributed by atoms with Crippen LogP contribution in [0.2, 0.25) is 0 Å². The number of benzene rings is 1. The molecule has 0 spiro atoms. The Kier molecular flexibility index (Phi) is 5.17. The molecule has 0 bridgehead atoms. The third kappa shape index (κ3) is 3.37. The van der Waals surface area contributed by atoms with Gasteiger partial charge < -0.3 is 4.74 Å². The van der Waals surface area contributed by atoms with Crippen molar-refractivity contribution in [3.05, 3.63) is 39.4 Å². The van der Waals surface area contributed by atoms with Gasteiger partial charge in [-0.1, -0.05) is 28.1 Å². The van der Waals surface area contributed by atoms with E-state index in [1.54, 1.807) is 6.92 Å². The van der Waals surface area contributed by atoms with Gasteiger partial charge in [0.05, 0.1) is 16.4 Å². The maximum absolute atomic E-state index is 11.9. The van der Waals surface area contributed by atoms with Gasteiger partial charge in [0.1, 0.15) is 11.3 Å². The fraction of sp³-hybridized carbons (Fsp3) is 0.333. The smallest absolute Gasteiger partial charge is 0.345 e. The number of nitro benzene ring substituents is 1. The van der Waals surface area contributed by atoms with Crippen molar-refractivity contribution < 1.29 is 19.2 Å². The van der Waals surface area contributed by atoms with Crippen LogP contribution in [0.25, 0.3) is 0 Å².